The second-order valence-corrected chi connectivity index (χ2v) is 7.25. The second kappa shape index (κ2) is 6.37. The van der Waals surface area contributed by atoms with E-state index in [0.717, 1.165) is 17.7 Å². The highest BCUT2D eigenvalue weighted by atomic mass is 32.2. The van der Waals surface area contributed by atoms with Crippen LogP contribution in [0.25, 0.3) is 0 Å². The van der Waals surface area contributed by atoms with Crippen LogP contribution in [-0.2, 0) is 16.4 Å². The average Bonchev–Trinajstić information content (AvgIpc) is 3.00. The van der Waals surface area contributed by atoms with E-state index < -0.39 is 10.0 Å². The van der Waals surface area contributed by atoms with Crippen molar-refractivity contribution < 1.29 is 13.2 Å². The first-order chi connectivity index (χ1) is 11.1. The summed E-state index contributed by atoms with van der Waals surface area (Å²) in [5.74, 6) is -0.512. The minimum absolute atomic E-state index is 0.0520. The number of aromatic nitrogens is 1. The Kier molecular flexibility index (Phi) is 4.29. The molecule has 7 heteroatoms. The molecule has 1 N–H and O–H groups in total. The number of para-hydroxylation sites is 1. The number of nitrogens with one attached hydrogen (secondary N) is 1. The quantitative estimate of drug-likeness (QED) is 0.893. The predicted molar refractivity (Wildman–Crippen MR) is 87.8 cm³/mol. The number of anilines is 1. The van der Waals surface area contributed by atoms with E-state index in [2.05, 4.69) is 10.3 Å². The third-order valence-electron chi connectivity index (χ3n) is 3.72. The van der Waals surface area contributed by atoms with Gasteiger partial charge in [0.15, 0.2) is 0 Å². The highest BCUT2D eigenvalue weighted by molar-refractivity contribution is 7.92. The van der Waals surface area contributed by atoms with E-state index in [-0.39, 0.29) is 23.9 Å². The van der Waals surface area contributed by atoms with Gasteiger partial charge in [0.2, 0.25) is 10.0 Å². The van der Waals surface area contributed by atoms with E-state index in [1.54, 1.807) is 18.2 Å². The molecule has 120 valence electrons. The highest BCUT2D eigenvalue weighted by Crippen LogP contribution is 2.29. The minimum Gasteiger partial charge on any atom is -0.350 e. The highest BCUT2D eigenvalue weighted by Gasteiger charge is 2.28. The molecule has 1 aromatic carbocycles. The minimum atomic E-state index is -3.45. The van der Waals surface area contributed by atoms with Crippen molar-refractivity contribution in [3.8, 4) is 0 Å². The van der Waals surface area contributed by atoms with E-state index in [9.17, 15) is 13.2 Å². The van der Waals surface area contributed by atoms with Crippen LogP contribution in [0.3, 0.4) is 0 Å². The number of fused-ring (bicyclic) bond motifs is 1. The predicted octanol–water partition coefficient (Wildman–Crippen LogP) is 1.20. The molecule has 23 heavy (non-hydrogen) atoms. The first kappa shape index (κ1) is 15.5. The number of sulfonamides is 1. The molecule has 2 aromatic rings. The third-order valence-corrected chi connectivity index (χ3v) is 5.49. The summed E-state index contributed by atoms with van der Waals surface area (Å²) in [6.45, 7) is 0.506. The number of amides is 1. The molecule has 0 atom stereocenters. The van der Waals surface area contributed by atoms with Crippen molar-refractivity contribution in [2.75, 3.05) is 23.1 Å². The molecule has 0 unspecified atom stereocenters. The Balaban J connectivity index is 1.61. The zero-order valence-corrected chi connectivity index (χ0v) is 13.3. The van der Waals surface area contributed by atoms with Crippen LogP contribution < -0.4 is 9.62 Å². The summed E-state index contributed by atoms with van der Waals surface area (Å²) in [7, 11) is -3.45. The Bertz CT molecular complexity index is 806. The van der Waals surface area contributed by atoms with Gasteiger partial charge in [-0.05, 0) is 30.2 Å². The molecule has 0 aliphatic carbocycles. The molecule has 0 bridgehead atoms. The molecule has 0 saturated heterocycles. The van der Waals surface area contributed by atoms with Crippen molar-refractivity contribution in [1.82, 2.24) is 10.3 Å². The summed E-state index contributed by atoms with van der Waals surface area (Å²) in [5, 5.41) is 2.60. The molecule has 1 aliphatic rings. The molecule has 0 spiro atoms. The van der Waals surface area contributed by atoms with E-state index in [1.165, 1.54) is 10.5 Å². The standard InChI is InChI=1S/C16H17N3O3S/c20-16(14-6-3-4-9-17-14)18-10-12-23(21,22)19-11-8-13-5-1-2-7-15(13)19/h1-7,9H,8,10-12H2,(H,18,20). The second-order valence-electron chi connectivity index (χ2n) is 5.24. The largest absolute Gasteiger partial charge is 0.350 e. The van der Waals surface area contributed by atoms with Gasteiger partial charge in [0, 0.05) is 19.3 Å². The number of carbonyl (C=O) groups excluding carboxylic acids is 1. The van der Waals surface area contributed by atoms with Crippen molar-refractivity contribution in [2.45, 2.75) is 6.42 Å². The zero-order valence-electron chi connectivity index (χ0n) is 12.5. The van der Waals surface area contributed by atoms with Crippen LogP contribution in [0.1, 0.15) is 16.1 Å². The van der Waals surface area contributed by atoms with Gasteiger partial charge in [-0.1, -0.05) is 24.3 Å². The van der Waals surface area contributed by atoms with Gasteiger partial charge in [-0.25, -0.2) is 8.42 Å². The van der Waals surface area contributed by atoms with Crippen LogP contribution in [0, 0.1) is 0 Å². The normalized spacial score (nSPS) is 13.7. The Hall–Kier alpha value is -2.41. The van der Waals surface area contributed by atoms with Crippen molar-refractivity contribution in [3.05, 3.63) is 59.9 Å². The number of hydrogen-bond donors (Lipinski definition) is 1. The molecule has 2 heterocycles. The monoisotopic (exact) mass is 331 g/mol. The van der Waals surface area contributed by atoms with Crippen LogP contribution in [-0.4, -0.2) is 38.2 Å². The fourth-order valence-corrected chi connectivity index (χ4v) is 4.02. The number of hydrogen-bond acceptors (Lipinski definition) is 4. The summed E-state index contributed by atoms with van der Waals surface area (Å²) in [5.41, 5.74) is 2.05. The SMILES string of the molecule is O=C(NCCS(=O)(=O)N1CCc2ccccc21)c1ccccn1. The average molecular weight is 331 g/mol. The number of carbonyl (C=O) groups is 1. The van der Waals surface area contributed by atoms with Gasteiger partial charge in [-0.3, -0.25) is 14.1 Å². The Morgan fingerprint density at radius 3 is 2.74 bits per heavy atom. The maximum atomic E-state index is 12.5. The summed E-state index contributed by atoms with van der Waals surface area (Å²) in [4.78, 5) is 15.8. The fourth-order valence-electron chi connectivity index (χ4n) is 2.59. The Morgan fingerprint density at radius 1 is 1.17 bits per heavy atom. The van der Waals surface area contributed by atoms with Crippen LogP contribution in [0.4, 0.5) is 5.69 Å². The summed E-state index contributed by atoms with van der Waals surface area (Å²) < 4.78 is 26.4. The number of benzene rings is 1. The van der Waals surface area contributed by atoms with Crippen LogP contribution in [0.5, 0.6) is 0 Å². The zero-order chi connectivity index (χ0) is 16.3. The van der Waals surface area contributed by atoms with Gasteiger partial charge >= 0.3 is 0 Å². The van der Waals surface area contributed by atoms with E-state index in [1.807, 2.05) is 24.3 Å². The molecular weight excluding hydrogens is 314 g/mol. The molecule has 1 aliphatic heterocycles. The molecule has 6 nitrogen and oxygen atoms in total. The molecule has 3 rings (SSSR count). The lowest BCUT2D eigenvalue weighted by molar-refractivity contribution is 0.0951. The number of pyridine rings is 1. The van der Waals surface area contributed by atoms with E-state index >= 15 is 0 Å². The van der Waals surface area contributed by atoms with Crippen LogP contribution in [0.2, 0.25) is 0 Å². The smallest absolute Gasteiger partial charge is 0.269 e. The van der Waals surface area contributed by atoms with Gasteiger partial charge in [0.1, 0.15) is 5.69 Å². The van der Waals surface area contributed by atoms with Crippen molar-refractivity contribution in [3.63, 3.8) is 0 Å². The lowest BCUT2D eigenvalue weighted by Gasteiger charge is -2.19. The van der Waals surface area contributed by atoms with Crippen molar-refractivity contribution in [2.24, 2.45) is 0 Å². The van der Waals surface area contributed by atoms with Gasteiger partial charge in [0.25, 0.3) is 5.91 Å². The first-order valence-electron chi connectivity index (χ1n) is 7.35. The summed E-state index contributed by atoms with van der Waals surface area (Å²) in [6.07, 6.45) is 2.24. The first-order valence-corrected chi connectivity index (χ1v) is 8.96. The molecule has 0 radical (unpaired) electrons. The molecule has 0 fully saturated rings. The maximum absolute atomic E-state index is 12.5. The van der Waals surface area contributed by atoms with Crippen molar-refractivity contribution in [1.29, 1.82) is 0 Å². The third kappa shape index (κ3) is 3.34. The molecule has 1 aromatic heterocycles. The van der Waals surface area contributed by atoms with Gasteiger partial charge < -0.3 is 5.32 Å². The van der Waals surface area contributed by atoms with E-state index in [0.29, 0.717) is 6.54 Å². The number of rotatable bonds is 5. The van der Waals surface area contributed by atoms with Gasteiger partial charge in [-0.2, -0.15) is 0 Å². The van der Waals surface area contributed by atoms with E-state index in [4.69, 9.17) is 0 Å². The molecule has 0 saturated carbocycles. The summed E-state index contributed by atoms with van der Waals surface area (Å²) in [6, 6.07) is 12.5. The Morgan fingerprint density at radius 2 is 1.96 bits per heavy atom. The Labute approximate surface area is 135 Å². The maximum Gasteiger partial charge on any atom is 0.269 e. The van der Waals surface area contributed by atoms with Crippen molar-refractivity contribution >= 4 is 21.6 Å². The lowest BCUT2D eigenvalue weighted by Crippen LogP contribution is -2.37. The van der Waals surface area contributed by atoms with Gasteiger partial charge in [-0.15, -0.1) is 0 Å². The topological polar surface area (TPSA) is 79.4 Å². The lowest BCUT2D eigenvalue weighted by atomic mass is 10.2. The van der Waals surface area contributed by atoms with Crippen LogP contribution >= 0.6 is 0 Å². The fraction of sp³-hybridized carbons (Fsp3) is 0.250. The molecule has 1 amide bonds. The van der Waals surface area contributed by atoms with Gasteiger partial charge in [0.05, 0.1) is 11.4 Å². The molecular formula is C16H17N3O3S. The number of nitrogens with zero attached hydrogens (tertiary/aromatic N) is 2. The van der Waals surface area contributed by atoms with Crippen LogP contribution in [0.15, 0.2) is 48.7 Å². The summed E-state index contributed by atoms with van der Waals surface area (Å²) >= 11 is 0.